The maximum Gasteiger partial charge on any atom is 0.356 e. The Hall–Kier alpha value is -4.71. The minimum absolute atomic E-state index is 0.0725. The van der Waals surface area contributed by atoms with E-state index >= 15 is 0 Å². The lowest BCUT2D eigenvalue weighted by atomic mass is 9.96. The lowest BCUT2D eigenvalue weighted by Crippen LogP contribution is -2.60. The molecule has 1 unspecified atom stereocenters. The molecule has 4 aromatic carbocycles. The smallest absolute Gasteiger partial charge is 0.356 e. The molecule has 1 aliphatic rings. The van der Waals surface area contributed by atoms with Gasteiger partial charge < -0.3 is 9.64 Å². The molecule has 0 bridgehead atoms. The van der Waals surface area contributed by atoms with Crippen LogP contribution in [0.15, 0.2) is 127 Å². The summed E-state index contributed by atoms with van der Waals surface area (Å²) in [5.41, 5.74) is 2.85. The van der Waals surface area contributed by atoms with Gasteiger partial charge in [0, 0.05) is 31.1 Å². The highest BCUT2D eigenvalue weighted by Crippen LogP contribution is 2.49. The molecule has 5 aromatic rings. The van der Waals surface area contributed by atoms with Crippen molar-refractivity contribution in [1.29, 1.82) is 0 Å². The Labute approximate surface area is 275 Å². The van der Waals surface area contributed by atoms with E-state index in [0.29, 0.717) is 22.5 Å². The molecule has 0 N–H and O–H groups in total. The summed E-state index contributed by atoms with van der Waals surface area (Å²) >= 11 is 5.87. The van der Waals surface area contributed by atoms with E-state index in [9.17, 15) is 9.59 Å². The number of benzene rings is 4. The monoisotopic (exact) mass is 643 g/mol. The predicted molar refractivity (Wildman–Crippen MR) is 189 cm³/mol. The molecule has 1 aliphatic heterocycles. The normalized spacial score (nSPS) is 14.3. The summed E-state index contributed by atoms with van der Waals surface area (Å²) < 4.78 is 6.14. The molecule has 1 fully saturated rings. The van der Waals surface area contributed by atoms with Crippen LogP contribution < -0.4 is 15.9 Å². The van der Waals surface area contributed by atoms with Crippen molar-refractivity contribution in [3.63, 3.8) is 0 Å². The highest BCUT2D eigenvalue weighted by molar-refractivity contribution is 7.96. The summed E-state index contributed by atoms with van der Waals surface area (Å²) in [6, 6.07) is 41.1. The molecule has 8 heteroatoms. The first-order valence-corrected chi connectivity index (χ1v) is 17.4. The third kappa shape index (κ3) is 6.21. The Bertz CT molecular complexity index is 1810. The molecular formula is C38H34N3O3PS. The largest absolute Gasteiger partial charge is 0.456 e. The van der Waals surface area contributed by atoms with Gasteiger partial charge in [-0.1, -0.05) is 134 Å². The number of ether oxygens (including phenoxy) is 1. The summed E-state index contributed by atoms with van der Waals surface area (Å²) in [7, 11) is 0. The summed E-state index contributed by atoms with van der Waals surface area (Å²) in [6.07, 6.45) is 0.594. The van der Waals surface area contributed by atoms with Crippen LogP contribution in [0.2, 0.25) is 0 Å². The van der Waals surface area contributed by atoms with Crippen molar-refractivity contribution >= 4 is 57.2 Å². The molecule has 230 valence electrons. The van der Waals surface area contributed by atoms with Crippen LogP contribution in [0.25, 0.3) is 0 Å². The molecule has 1 aromatic heterocycles. The molecule has 1 saturated heterocycles. The van der Waals surface area contributed by atoms with Crippen LogP contribution in [0.5, 0.6) is 0 Å². The van der Waals surface area contributed by atoms with E-state index in [2.05, 4.69) is 9.97 Å². The molecule has 0 saturated carbocycles. The Balaban J connectivity index is 1.59. The first-order chi connectivity index (χ1) is 22.4. The van der Waals surface area contributed by atoms with Crippen molar-refractivity contribution < 1.29 is 14.3 Å². The molecule has 0 spiro atoms. The number of likely N-dealkylation sites (tertiary alicyclic amines) is 1. The Morgan fingerprint density at radius 3 is 1.70 bits per heavy atom. The fourth-order valence-electron chi connectivity index (χ4n) is 6.05. The number of amides is 1. The molecular weight excluding hydrogens is 609 g/mol. The maximum atomic E-state index is 14.8. The third-order valence-corrected chi connectivity index (χ3v) is 12.7. The van der Waals surface area contributed by atoms with Crippen LogP contribution in [0.3, 0.4) is 0 Å². The zero-order valence-electron chi connectivity index (χ0n) is 25.7. The Kier molecular flexibility index (Phi) is 9.34. The van der Waals surface area contributed by atoms with E-state index in [4.69, 9.17) is 17.0 Å². The fraction of sp³-hybridized carbons (Fsp3) is 0.158. The number of hydrogen-bond acceptors (Lipinski definition) is 6. The summed E-state index contributed by atoms with van der Waals surface area (Å²) in [5.74, 6) is -0.191. The number of aryl methyl sites for hydroxylation is 2. The van der Waals surface area contributed by atoms with E-state index in [1.165, 1.54) is 0 Å². The lowest BCUT2D eigenvalue weighted by molar-refractivity contribution is -0.144. The highest BCUT2D eigenvalue weighted by atomic mass is 32.1. The number of nitrogens with zero attached hydrogens (tertiary/aromatic N) is 3. The lowest BCUT2D eigenvalue weighted by Gasteiger charge is -2.45. The summed E-state index contributed by atoms with van der Waals surface area (Å²) in [4.78, 5) is 40.0. The SMILES string of the molecule is Cc1cc(C)nc(C(=S)CC2CC(=O)N2C(C(=O)OCc2ccccc2)=P(c2ccccc2)(c2ccccc2)c2ccccc2)n1. The molecule has 1 amide bonds. The van der Waals surface area contributed by atoms with Crippen molar-refractivity contribution in [3.8, 4) is 0 Å². The summed E-state index contributed by atoms with van der Waals surface area (Å²) in [6.45, 7) is 0.897. The van der Waals surface area contributed by atoms with Crippen LogP contribution in [-0.4, -0.2) is 43.1 Å². The number of β-lactam (4-membered cyclic amide) rings is 1. The number of rotatable bonds is 10. The van der Waals surface area contributed by atoms with Gasteiger partial charge >= 0.3 is 5.97 Å². The van der Waals surface area contributed by atoms with Crippen molar-refractivity contribution in [1.82, 2.24) is 14.9 Å². The fourth-order valence-corrected chi connectivity index (χ4v) is 10.8. The second-order valence-corrected chi connectivity index (χ2v) is 15.1. The van der Waals surface area contributed by atoms with Crippen LogP contribution in [0.4, 0.5) is 0 Å². The van der Waals surface area contributed by atoms with Crippen LogP contribution in [0.1, 0.15) is 35.6 Å². The van der Waals surface area contributed by atoms with Crippen molar-refractivity contribution in [2.24, 2.45) is 0 Å². The van der Waals surface area contributed by atoms with E-state index in [-0.39, 0.29) is 25.0 Å². The van der Waals surface area contributed by atoms with Gasteiger partial charge in [-0.3, -0.25) is 4.79 Å². The molecule has 0 aliphatic carbocycles. The van der Waals surface area contributed by atoms with Gasteiger partial charge in [0.15, 0.2) is 5.82 Å². The zero-order chi connectivity index (χ0) is 32.1. The second kappa shape index (κ2) is 13.7. The second-order valence-electron chi connectivity index (χ2n) is 11.3. The van der Waals surface area contributed by atoms with Gasteiger partial charge in [-0.25, -0.2) is 14.8 Å². The Morgan fingerprint density at radius 2 is 1.24 bits per heavy atom. The average molecular weight is 644 g/mol. The number of esters is 1. The standard InChI is InChI=1S/C38H34N3O3PS/c1-27-23-28(2)40-36(39-27)34(46)24-30-25-35(42)41(30)37(38(43)44-26-29-15-7-3-8-16-29)45(31-17-9-4-10-18-31,32-19-11-5-12-20-32)33-21-13-6-14-22-33/h3-23,30H,24-26H2,1-2H3. The number of hydrogen-bond donors (Lipinski definition) is 0. The molecule has 6 rings (SSSR count). The molecule has 1 atom stereocenters. The molecule has 0 radical (unpaired) electrons. The minimum Gasteiger partial charge on any atom is -0.456 e. The van der Waals surface area contributed by atoms with Gasteiger partial charge in [0.25, 0.3) is 0 Å². The molecule has 46 heavy (non-hydrogen) atoms. The first-order valence-electron chi connectivity index (χ1n) is 15.2. The van der Waals surface area contributed by atoms with E-state index in [1.807, 2.05) is 141 Å². The van der Waals surface area contributed by atoms with Gasteiger partial charge in [-0.2, -0.15) is 0 Å². The van der Waals surface area contributed by atoms with Crippen molar-refractivity contribution in [2.45, 2.75) is 39.3 Å². The molecule has 6 nitrogen and oxygen atoms in total. The van der Waals surface area contributed by atoms with Gasteiger partial charge in [0.05, 0.1) is 10.9 Å². The van der Waals surface area contributed by atoms with Gasteiger partial charge in [0.1, 0.15) is 12.0 Å². The van der Waals surface area contributed by atoms with E-state index < -0.39 is 12.9 Å². The average Bonchev–Trinajstić information content (AvgIpc) is 3.08. The van der Waals surface area contributed by atoms with E-state index in [0.717, 1.165) is 32.9 Å². The number of carbonyl (C=O) groups excluding carboxylic acids is 2. The quantitative estimate of drug-likeness (QED) is 0.0643. The van der Waals surface area contributed by atoms with Gasteiger partial charge in [-0.05, 0) is 41.4 Å². The zero-order valence-corrected chi connectivity index (χ0v) is 27.5. The van der Waals surface area contributed by atoms with Gasteiger partial charge in [0.2, 0.25) is 5.91 Å². The minimum atomic E-state index is -3.00. The number of aromatic nitrogens is 2. The third-order valence-electron chi connectivity index (χ3n) is 8.07. The summed E-state index contributed by atoms with van der Waals surface area (Å²) in [5, 5.41) is 2.83. The topological polar surface area (TPSA) is 72.4 Å². The van der Waals surface area contributed by atoms with E-state index in [1.54, 1.807) is 4.90 Å². The van der Waals surface area contributed by atoms with Gasteiger partial charge in [-0.15, -0.1) is 0 Å². The number of thiocarbonyl (C=S) groups is 1. The highest BCUT2D eigenvalue weighted by Gasteiger charge is 2.47. The van der Waals surface area contributed by atoms with Crippen molar-refractivity contribution in [3.05, 3.63) is 150 Å². The maximum absolute atomic E-state index is 14.8. The Morgan fingerprint density at radius 1 is 0.783 bits per heavy atom. The van der Waals surface area contributed by atoms with Crippen LogP contribution in [0, 0.1) is 13.8 Å². The van der Waals surface area contributed by atoms with Crippen LogP contribution >= 0.6 is 19.1 Å². The van der Waals surface area contributed by atoms with Crippen LogP contribution in [-0.2, 0) is 20.9 Å². The first kappa shape index (κ1) is 31.3. The number of carbonyl (C=O) groups is 2. The predicted octanol–water partition coefficient (Wildman–Crippen LogP) is 5.67. The molecule has 2 heterocycles. The van der Waals surface area contributed by atoms with Crippen molar-refractivity contribution in [2.75, 3.05) is 0 Å².